The summed E-state index contributed by atoms with van der Waals surface area (Å²) in [7, 11) is 1.59. The fourth-order valence-electron chi connectivity index (χ4n) is 1.85. The first-order valence-electron chi connectivity index (χ1n) is 6.11. The number of fused-ring (bicyclic) bond motifs is 1. The number of ether oxygens (including phenoxy) is 1. The minimum Gasteiger partial charge on any atom is -0.618 e. The van der Waals surface area contributed by atoms with Gasteiger partial charge in [-0.3, -0.25) is 10.1 Å². The van der Waals surface area contributed by atoms with Gasteiger partial charge in [0.1, 0.15) is 5.75 Å². The molecule has 2 heterocycles. The predicted molar refractivity (Wildman–Crippen MR) is 79.5 cm³/mol. The molecule has 0 saturated carbocycles. The smallest absolute Gasteiger partial charge is 0.323 e. The number of carbonyl (C=O) groups excluding carboxylic acids is 1. The summed E-state index contributed by atoms with van der Waals surface area (Å²) in [6, 6.07) is 10.1. The highest BCUT2D eigenvalue weighted by molar-refractivity contribution is 7.22. The van der Waals surface area contributed by atoms with Crippen LogP contribution in [0, 0.1) is 5.21 Å². The van der Waals surface area contributed by atoms with Crippen LogP contribution in [0.15, 0.2) is 42.6 Å². The first-order chi connectivity index (χ1) is 10.2. The molecule has 0 bridgehead atoms. The van der Waals surface area contributed by atoms with Gasteiger partial charge in [-0.15, -0.1) is 0 Å². The molecule has 0 aliphatic rings. The number of amides is 1. The summed E-state index contributed by atoms with van der Waals surface area (Å²) in [4.78, 5) is 16.3. The van der Waals surface area contributed by atoms with E-state index in [0.29, 0.717) is 9.86 Å². The number of nitrogens with zero attached hydrogens (tertiary/aromatic N) is 2. The van der Waals surface area contributed by atoms with E-state index in [9.17, 15) is 10.0 Å². The van der Waals surface area contributed by atoms with Crippen LogP contribution in [-0.4, -0.2) is 18.0 Å². The second kappa shape index (κ2) is 5.37. The van der Waals surface area contributed by atoms with Crippen LogP contribution in [0.1, 0.15) is 10.5 Å². The Morgan fingerprint density at radius 2 is 2.24 bits per heavy atom. The molecule has 1 N–H and O–H groups in total. The second-order valence-corrected chi connectivity index (χ2v) is 5.25. The Hall–Kier alpha value is -2.67. The lowest BCUT2D eigenvalue weighted by Gasteiger charge is -2.02. The van der Waals surface area contributed by atoms with Gasteiger partial charge in [-0.1, -0.05) is 11.3 Å². The number of aromatic nitrogens is 2. The van der Waals surface area contributed by atoms with Crippen molar-refractivity contribution in [3.63, 3.8) is 0 Å². The molecule has 106 valence electrons. The van der Waals surface area contributed by atoms with Crippen LogP contribution >= 0.6 is 11.3 Å². The molecule has 0 saturated heterocycles. The number of rotatable bonds is 3. The Balaban J connectivity index is 1.88. The van der Waals surface area contributed by atoms with Crippen LogP contribution in [0.5, 0.6) is 5.75 Å². The molecular formula is C14H11N3O3S. The van der Waals surface area contributed by atoms with Gasteiger partial charge in [-0.25, -0.2) is 4.98 Å². The third-order valence-electron chi connectivity index (χ3n) is 2.87. The summed E-state index contributed by atoms with van der Waals surface area (Å²) >= 11 is 1.32. The topological polar surface area (TPSA) is 78.2 Å². The summed E-state index contributed by atoms with van der Waals surface area (Å²) < 4.78 is 6.56. The fourth-order valence-corrected chi connectivity index (χ4v) is 2.74. The SMILES string of the molecule is COc1ccc2nc(NC(=O)c3cccc[n+]3[O-])sc2c1. The van der Waals surface area contributed by atoms with Gasteiger partial charge < -0.3 is 9.94 Å². The molecule has 2 aromatic heterocycles. The normalized spacial score (nSPS) is 10.5. The Morgan fingerprint density at radius 1 is 1.38 bits per heavy atom. The number of methoxy groups -OCH3 is 1. The lowest BCUT2D eigenvalue weighted by atomic mass is 10.3. The Bertz CT molecular complexity index is 816. The van der Waals surface area contributed by atoms with Gasteiger partial charge in [0.05, 0.1) is 17.3 Å². The average molecular weight is 301 g/mol. The first kappa shape index (κ1) is 13.3. The molecule has 0 unspecified atom stereocenters. The highest BCUT2D eigenvalue weighted by atomic mass is 32.1. The summed E-state index contributed by atoms with van der Waals surface area (Å²) in [5, 5.41) is 14.6. The number of thiazole rings is 1. The molecule has 0 atom stereocenters. The zero-order valence-electron chi connectivity index (χ0n) is 11.1. The standard InChI is InChI=1S/C14H11N3O3S/c1-20-9-5-6-10-12(8-9)21-14(15-10)16-13(18)11-4-2-3-7-17(11)19/h2-8H,1H3,(H,15,16,18). The van der Waals surface area contributed by atoms with Crippen LogP contribution in [-0.2, 0) is 0 Å². The summed E-state index contributed by atoms with van der Waals surface area (Å²) in [6.45, 7) is 0. The van der Waals surface area contributed by atoms with Crippen LogP contribution < -0.4 is 14.8 Å². The number of anilines is 1. The number of benzene rings is 1. The van der Waals surface area contributed by atoms with Crippen molar-refractivity contribution in [1.29, 1.82) is 0 Å². The third-order valence-corrected chi connectivity index (χ3v) is 3.81. The molecule has 0 fully saturated rings. The van der Waals surface area contributed by atoms with E-state index in [2.05, 4.69) is 10.3 Å². The summed E-state index contributed by atoms with van der Waals surface area (Å²) in [6.07, 6.45) is 1.28. The van der Waals surface area contributed by atoms with E-state index in [4.69, 9.17) is 4.74 Å². The largest absolute Gasteiger partial charge is 0.618 e. The minimum atomic E-state index is -0.489. The van der Waals surface area contributed by atoms with E-state index in [1.165, 1.54) is 23.6 Å². The molecule has 0 spiro atoms. The quantitative estimate of drug-likeness (QED) is 0.594. The summed E-state index contributed by atoms with van der Waals surface area (Å²) in [5.74, 6) is 0.237. The van der Waals surface area contributed by atoms with Crippen molar-refractivity contribution in [2.24, 2.45) is 0 Å². The molecule has 6 nitrogen and oxygen atoms in total. The zero-order chi connectivity index (χ0) is 14.8. The third kappa shape index (κ3) is 2.63. The van der Waals surface area contributed by atoms with Crippen molar-refractivity contribution < 1.29 is 14.3 Å². The number of hydrogen-bond acceptors (Lipinski definition) is 5. The molecule has 1 amide bonds. The van der Waals surface area contributed by atoms with Crippen LogP contribution in [0.3, 0.4) is 0 Å². The van der Waals surface area contributed by atoms with Gasteiger partial charge in [-0.05, 0) is 24.3 Å². The van der Waals surface area contributed by atoms with Gasteiger partial charge >= 0.3 is 5.91 Å². The molecule has 0 aliphatic carbocycles. The van der Waals surface area contributed by atoms with Gasteiger partial charge in [0, 0.05) is 12.1 Å². The zero-order valence-corrected chi connectivity index (χ0v) is 11.9. The van der Waals surface area contributed by atoms with Crippen LogP contribution in [0.4, 0.5) is 5.13 Å². The molecule has 3 rings (SSSR count). The number of nitrogens with one attached hydrogen (secondary N) is 1. The fraction of sp³-hybridized carbons (Fsp3) is 0.0714. The lowest BCUT2D eigenvalue weighted by Crippen LogP contribution is -2.36. The number of pyridine rings is 1. The highest BCUT2D eigenvalue weighted by Gasteiger charge is 2.17. The van der Waals surface area contributed by atoms with Gasteiger partial charge in [-0.2, -0.15) is 4.73 Å². The predicted octanol–water partition coefficient (Wildman–Crippen LogP) is 2.19. The number of hydrogen-bond donors (Lipinski definition) is 1. The van der Waals surface area contributed by atoms with E-state index in [-0.39, 0.29) is 5.69 Å². The maximum absolute atomic E-state index is 12.0. The Labute approximate surface area is 124 Å². The van der Waals surface area contributed by atoms with Crippen LogP contribution in [0.2, 0.25) is 0 Å². The van der Waals surface area contributed by atoms with Crippen molar-refractivity contribution >= 4 is 32.6 Å². The molecule has 1 aromatic carbocycles. The first-order valence-corrected chi connectivity index (χ1v) is 6.93. The van der Waals surface area contributed by atoms with E-state index in [0.717, 1.165) is 16.0 Å². The van der Waals surface area contributed by atoms with E-state index in [1.807, 2.05) is 12.1 Å². The van der Waals surface area contributed by atoms with Gasteiger partial charge in [0.2, 0.25) is 0 Å². The molecule has 0 aliphatic heterocycles. The minimum absolute atomic E-state index is 0.0225. The number of carbonyl (C=O) groups is 1. The highest BCUT2D eigenvalue weighted by Crippen LogP contribution is 2.29. The lowest BCUT2D eigenvalue weighted by molar-refractivity contribution is -0.607. The molecule has 3 aromatic rings. The van der Waals surface area contributed by atoms with Gasteiger partial charge in [0.15, 0.2) is 11.3 Å². The monoisotopic (exact) mass is 301 g/mol. The Kier molecular flexibility index (Phi) is 3.41. The van der Waals surface area contributed by atoms with E-state index >= 15 is 0 Å². The average Bonchev–Trinajstić information content (AvgIpc) is 2.88. The maximum atomic E-state index is 12.0. The Morgan fingerprint density at radius 3 is 3.00 bits per heavy atom. The van der Waals surface area contributed by atoms with Crippen molar-refractivity contribution in [3.05, 3.63) is 53.5 Å². The van der Waals surface area contributed by atoms with Gasteiger partial charge in [0.25, 0.3) is 5.69 Å². The molecule has 21 heavy (non-hydrogen) atoms. The van der Waals surface area contributed by atoms with Crippen molar-refractivity contribution in [2.45, 2.75) is 0 Å². The second-order valence-electron chi connectivity index (χ2n) is 4.22. The van der Waals surface area contributed by atoms with Crippen LogP contribution in [0.25, 0.3) is 10.2 Å². The molecular weight excluding hydrogens is 290 g/mol. The van der Waals surface area contributed by atoms with Crippen molar-refractivity contribution in [3.8, 4) is 5.75 Å². The van der Waals surface area contributed by atoms with E-state index in [1.54, 1.807) is 25.3 Å². The molecule has 7 heteroatoms. The van der Waals surface area contributed by atoms with Crippen molar-refractivity contribution in [1.82, 2.24) is 4.98 Å². The van der Waals surface area contributed by atoms with E-state index < -0.39 is 5.91 Å². The maximum Gasteiger partial charge on any atom is 0.323 e. The van der Waals surface area contributed by atoms with Crippen molar-refractivity contribution in [2.75, 3.05) is 12.4 Å². The summed E-state index contributed by atoms with van der Waals surface area (Å²) in [5.41, 5.74) is 0.786. The molecule has 0 radical (unpaired) electrons.